The van der Waals surface area contributed by atoms with Gasteiger partial charge in [0.05, 0.1) is 24.0 Å². The van der Waals surface area contributed by atoms with Crippen molar-refractivity contribution in [1.82, 2.24) is 4.98 Å². The van der Waals surface area contributed by atoms with Crippen LogP contribution in [-0.4, -0.2) is 22.7 Å². The van der Waals surface area contributed by atoms with Crippen molar-refractivity contribution in [1.29, 1.82) is 0 Å². The van der Waals surface area contributed by atoms with Gasteiger partial charge in [-0.05, 0) is 56.4 Å². The van der Waals surface area contributed by atoms with E-state index in [1.165, 1.54) is 25.7 Å². The Kier molecular flexibility index (Phi) is 6.84. The largest absolute Gasteiger partial charge is 0.462 e. The fourth-order valence-corrected chi connectivity index (χ4v) is 4.71. The lowest BCUT2D eigenvalue weighted by Gasteiger charge is -2.38. The number of fused-ring (bicyclic) bond motifs is 1. The van der Waals surface area contributed by atoms with Crippen molar-refractivity contribution < 1.29 is 14.6 Å². The van der Waals surface area contributed by atoms with E-state index in [0.29, 0.717) is 12.2 Å². The molecule has 1 heterocycles. The SMILES string of the molecule is CC.CCOC(=O)c1c(C(C)C)nc2c(c1C)C(O)CC1(CCCC1)C2. The van der Waals surface area contributed by atoms with E-state index in [1.54, 1.807) is 0 Å². The van der Waals surface area contributed by atoms with Gasteiger partial charge in [0.25, 0.3) is 0 Å². The van der Waals surface area contributed by atoms with Gasteiger partial charge in [0.2, 0.25) is 0 Å². The van der Waals surface area contributed by atoms with Crippen LogP contribution in [0.5, 0.6) is 0 Å². The molecule has 26 heavy (non-hydrogen) atoms. The lowest BCUT2D eigenvalue weighted by Crippen LogP contribution is -2.31. The van der Waals surface area contributed by atoms with Gasteiger partial charge >= 0.3 is 5.97 Å². The Balaban J connectivity index is 0.00000117. The number of ether oxygens (including phenoxy) is 1. The molecule has 1 aromatic heterocycles. The first kappa shape index (κ1) is 20.9. The molecule has 1 N–H and O–H groups in total. The standard InChI is InChI=1S/C20H29NO3.C2H6/c1-5-24-19(23)17-13(4)16-14(21-18(17)12(2)3)10-20(11-15(16)22)8-6-7-9-20;1-2/h12,15,22H,5-11H2,1-4H3;1-2H3. The van der Waals surface area contributed by atoms with Crippen LogP contribution in [0.1, 0.15) is 112 Å². The Labute approximate surface area is 158 Å². The highest BCUT2D eigenvalue weighted by molar-refractivity contribution is 5.93. The number of hydrogen-bond acceptors (Lipinski definition) is 4. The normalized spacial score (nSPS) is 20.5. The number of hydrogen-bond donors (Lipinski definition) is 1. The van der Waals surface area contributed by atoms with E-state index in [1.807, 2.05) is 27.7 Å². The van der Waals surface area contributed by atoms with E-state index in [-0.39, 0.29) is 17.3 Å². The highest BCUT2D eigenvalue weighted by atomic mass is 16.5. The summed E-state index contributed by atoms with van der Waals surface area (Å²) < 4.78 is 5.26. The number of rotatable bonds is 3. The molecule has 1 atom stereocenters. The zero-order valence-electron chi connectivity index (χ0n) is 17.3. The minimum absolute atomic E-state index is 0.145. The van der Waals surface area contributed by atoms with Gasteiger partial charge in [-0.3, -0.25) is 4.98 Å². The van der Waals surface area contributed by atoms with Gasteiger partial charge in [-0.25, -0.2) is 4.79 Å². The van der Waals surface area contributed by atoms with E-state index >= 15 is 0 Å². The average molecular weight is 362 g/mol. The smallest absolute Gasteiger partial charge is 0.340 e. The molecule has 1 fully saturated rings. The van der Waals surface area contributed by atoms with Crippen molar-refractivity contribution in [3.8, 4) is 0 Å². The molecule has 1 spiro atoms. The van der Waals surface area contributed by atoms with Crippen molar-refractivity contribution in [3.63, 3.8) is 0 Å². The maximum atomic E-state index is 12.5. The van der Waals surface area contributed by atoms with E-state index < -0.39 is 6.10 Å². The van der Waals surface area contributed by atoms with Crippen molar-refractivity contribution in [2.24, 2.45) is 5.41 Å². The number of nitrogens with zero attached hydrogens (tertiary/aromatic N) is 1. The third-order valence-electron chi connectivity index (χ3n) is 5.79. The molecule has 1 aromatic rings. The first-order valence-corrected chi connectivity index (χ1v) is 10.3. The van der Waals surface area contributed by atoms with Crippen LogP contribution in [0.15, 0.2) is 0 Å². The third kappa shape index (κ3) is 3.80. The van der Waals surface area contributed by atoms with E-state index in [0.717, 1.165) is 35.4 Å². The Morgan fingerprint density at radius 3 is 2.46 bits per heavy atom. The molecule has 0 saturated heterocycles. The van der Waals surface area contributed by atoms with E-state index in [9.17, 15) is 9.90 Å². The molecule has 3 rings (SSSR count). The molecule has 4 heteroatoms. The van der Waals surface area contributed by atoms with Gasteiger partial charge in [-0.15, -0.1) is 0 Å². The van der Waals surface area contributed by atoms with Gasteiger partial charge < -0.3 is 9.84 Å². The number of esters is 1. The Hall–Kier alpha value is -1.42. The maximum Gasteiger partial charge on any atom is 0.340 e. The molecule has 0 aromatic carbocycles. The number of aromatic nitrogens is 1. The van der Waals surface area contributed by atoms with Crippen LogP contribution in [0.2, 0.25) is 0 Å². The Morgan fingerprint density at radius 2 is 1.92 bits per heavy atom. The zero-order valence-corrected chi connectivity index (χ0v) is 17.3. The molecule has 1 unspecified atom stereocenters. The first-order chi connectivity index (χ1) is 12.4. The number of carbonyl (C=O) groups excluding carboxylic acids is 1. The van der Waals surface area contributed by atoms with Crippen LogP contribution in [-0.2, 0) is 11.2 Å². The zero-order chi connectivity index (χ0) is 19.5. The second-order valence-corrected chi connectivity index (χ2v) is 7.84. The molecule has 0 amide bonds. The van der Waals surface area contributed by atoms with Gasteiger partial charge in [0.15, 0.2) is 0 Å². The molecule has 1 saturated carbocycles. The minimum atomic E-state index is -0.520. The number of aliphatic hydroxyl groups is 1. The summed E-state index contributed by atoms with van der Waals surface area (Å²) in [5, 5.41) is 10.8. The molecule has 0 bridgehead atoms. The summed E-state index contributed by atoms with van der Waals surface area (Å²) in [6.07, 6.45) is 6.07. The molecule has 146 valence electrons. The van der Waals surface area contributed by atoms with E-state index in [4.69, 9.17) is 9.72 Å². The molecule has 0 aliphatic heterocycles. The number of aliphatic hydroxyl groups excluding tert-OH is 1. The van der Waals surface area contributed by atoms with Gasteiger partial charge in [-0.2, -0.15) is 0 Å². The molecular formula is C22H35NO3. The minimum Gasteiger partial charge on any atom is -0.462 e. The summed E-state index contributed by atoms with van der Waals surface area (Å²) >= 11 is 0. The quantitative estimate of drug-likeness (QED) is 0.746. The lowest BCUT2D eigenvalue weighted by molar-refractivity contribution is 0.0520. The summed E-state index contributed by atoms with van der Waals surface area (Å²) in [5.41, 5.74) is 4.33. The van der Waals surface area contributed by atoms with Gasteiger partial charge in [-0.1, -0.05) is 40.5 Å². The first-order valence-electron chi connectivity index (χ1n) is 10.3. The highest BCUT2D eigenvalue weighted by Crippen LogP contribution is 2.51. The summed E-state index contributed by atoms with van der Waals surface area (Å²) in [6.45, 7) is 12.2. The monoisotopic (exact) mass is 361 g/mol. The van der Waals surface area contributed by atoms with Gasteiger partial charge in [0.1, 0.15) is 0 Å². The van der Waals surface area contributed by atoms with Crippen LogP contribution in [0.4, 0.5) is 0 Å². The summed E-state index contributed by atoms with van der Waals surface area (Å²) in [7, 11) is 0. The molecular weight excluding hydrogens is 326 g/mol. The van der Waals surface area contributed by atoms with Crippen LogP contribution in [0, 0.1) is 12.3 Å². The summed E-state index contributed by atoms with van der Waals surface area (Å²) in [6, 6.07) is 0. The molecule has 0 radical (unpaired) electrons. The van der Waals surface area contributed by atoms with Crippen molar-refractivity contribution in [2.45, 2.75) is 92.1 Å². The predicted molar refractivity (Wildman–Crippen MR) is 105 cm³/mol. The number of pyridine rings is 1. The topological polar surface area (TPSA) is 59.4 Å². The number of carbonyl (C=O) groups is 1. The predicted octanol–water partition coefficient (Wildman–Crippen LogP) is 5.26. The summed E-state index contributed by atoms with van der Waals surface area (Å²) in [5.74, 6) is -0.172. The molecule has 4 nitrogen and oxygen atoms in total. The fraction of sp³-hybridized carbons (Fsp3) is 0.727. The van der Waals surface area contributed by atoms with E-state index in [2.05, 4.69) is 13.8 Å². The summed E-state index contributed by atoms with van der Waals surface area (Å²) in [4.78, 5) is 17.4. The van der Waals surface area contributed by atoms with Crippen molar-refractivity contribution in [3.05, 3.63) is 28.1 Å². The van der Waals surface area contributed by atoms with Crippen LogP contribution >= 0.6 is 0 Å². The van der Waals surface area contributed by atoms with Crippen molar-refractivity contribution in [2.75, 3.05) is 6.61 Å². The van der Waals surface area contributed by atoms with Crippen LogP contribution in [0.3, 0.4) is 0 Å². The Bertz CT molecular complexity index is 645. The van der Waals surface area contributed by atoms with Gasteiger partial charge in [0, 0.05) is 11.3 Å². The highest BCUT2D eigenvalue weighted by Gasteiger charge is 2.43. The second-order valence-electron chi connectivity index (χ2n) is 7.84. The Morgan fingerprint density at radius 1 is 1.31 bits per heavy atom. The molecule has 2 aliphatic carbocycles. The van der Waals surface area contributed by atoms with Crippen molar-refractivity contribution >= 4 is 5.97 Å². The fourth-order valence-electron chi connectivity index (χ4n) is 4.71. The molecule has 2 aliphatic rings. The third-order valence-corrected chi connectivity index (χ3v) is 5.79. The van der Waals surface area contributed by atoms with Crippen LogP contribution < -0.4 is 0 Å². The van der Waals surface area contributed by atoms with Crippen LogP contribution in [0.25, 0.3) is 0 Å². The maximum absolute atomic E-state index is 12.5. The average Bonchev–Trinajstić information content (AvgIpc) is 3.03. The lowest BCUT2D eigenvalue weighted by atomic mass is 9.69. The second kappa shape index (κ2) is 8.51.